The van der Waals surface area contributed by atoms with Crippen molar-refractivity contribution in [3.05, 3.63) is 27.7 Å². The van der Waals surface area contributed by atoms with Crippen LogP contribution in [-0.4, -0.2) is 28.1 Å². The molecule has 2 N–H and O–H groups in total. The van der Waals surface area contributed by atoms with E-state index in [2.05, 4.69) is 52.2 Å². The Morgan fingerprint density at radius 2 is 2.14 bits per heavy atom. The number of thioether (sulfide) groups is 1. The van der Waals surface area contributed by atoms with Crippen molar-refractivity contribution in [1.82, 2.24) is 5.32 Å². The van der Waals surface area contributed by atoms with E-state index >= 15 is 0 Å². The maximum Gasteiger partial charge on any atom is 0.236 e. The molecule has 112 valence electrons. The standard InChI is InChI=1S/C14H16BrN3O2S/c1-14(2,3)9-4-8(12(20)10(15)5-9)6-16-18-13-17-11(19)7-21-13/h4-6,20H,7H2,1-3H3,(H,17,18,19). The minimum Gasteiger partial charge on any atom is -0.506 e. The normalized spacial score (nSPS) is 17.7. The van der Waals surface area contributed by atoms with Gasteiger partial charge in [0.05, 0.1) is 16.4 Å². The van der Waals surface area contributed by atoms with Crippen LogP contribution in [0, 0.1) is 0 Å². The Morgan fingerprint density at radius 3 is 2.71 bits per heavy atom. The van der Waals surface area contributed by atoms with Gasteiger partial charge in [-0.2, -0.15) is 5.10 Å². The predicted octanol–water partition coefficient (Wildman–Crippen LogP) is 3.01. The number of halogens is 1. The molecule has 1 aromatic rings. The summed E-state index contributed by atoms with van der Waals surface area (Å²) in [6.45, 7) is 6.28. The molecule has 2 rings (SSSR count). The number of nitrogens with zero attached hydrogens (tertiary/aromatic N) is 2. The number of carbonyl (C=O) groups is 1. The Labute approximate surface area is 136 Å². The van der Waals surface area contributed by atoms with Gasteiger partial charge in [0, 0.05) is 5.56 Å². The average Bonchev–Trinajstić information content (AvgIpc) is 2.79. The van der Waals surface area contributed by atoms with Crippen LogP contribution in [0.2, 0.25) is 0 Å². The number of phenolic OH excluding ortho intramolecular Hbond substituents is 1. The Hall–Kier alpha value is -1.34. The summed E-state index contributed by atoms with van der Waals surface area (Å²) in [5.41, 5.74) is 1.61. The number of benzene rings is 1. The number of phenols is 1. The number of rotatable bonds is 2. The van der Waals surface area contributed by atoms with Crippen LogP contribution in [0.1, 0.15) is 31.9 Å². The third-order valence-electron chi connectivity index (χ3n) is 2.89. The van der Waals surface area contributed by atoms with Crippen LogP contribution in [0.4, 0.5) is 0 Å². The molecule has 1 fully saturated rings. The van der Waals surface area contributed by atoms with E-state index in [0.717, 1.165) is 5.56 Å². The summed E-state index contributed by atoms with van der Waals surface area (Å²) >= 11 is 4.65. The van der Waals surface area contributed by atoms with Gasteiger partial charge in [-0.25, -0.2) is 0 Å². The van der Waals surface area contributed by atoms with Crippen LogP contribution >= 0.6 is 27.7 Å². The van der Waals surface area contributed by atoms with Crippen LogP contribution in [-0.2, 0) is 10.2 Å². The van der Waals surface area contributed by atoms with Gasteiger partial charge in [0.1, 0.15) is 5.75 Å². The molecule has 21 heavy (non-hydrogen) atoms. The molecule has 0 spiro atoms. The molecule has 0 saturated carbocycles. The van der Waals surface area contributed by atoms with Crippen LogP contribution in [0.25, 0.3) is 0 Å². The maximum absolute atomic E-state index is 11.0. The van der Waals surface area contributed by atoms with E-state index in [1.807, 2.05) is 12.1 Å². The quantitative estimate of drug-likeness (QED) is 0.621. The fraction of sp³-hybridized carbons (Fsp3) is 0.357. The number of carbonyl (C=O) groups excluding carboxylic acids is 1. The van der Waals surface area contributed by atoms with E-state index in [9.17, 15) is 9.90 Å². The van der Waals surface area contributed by atoms with E-state index in [0.29, 0.717) is 21.0 Å². The van der Waals surface area contributed by atoms with Crippen molar-refractivity contribution in [2.45, 2.75) is 26.2 Å². The lowest BCUT2D eigenvalue weighted by Crippen LogP contribution is -2.19. The minimum atomic E-state index is -0.0747. The lowest BCUT2D eigenvalue weighted by atomic mass is 9.86. The van der Waals surface area contributed by atoms with Crippen molar-refractivity contribution in [2.24, 2.45) is 10.2 Å². The molecule has 0 atom stereocenters. The van der Waals surface area contributed by atoms with E-state index in [-0.39, 0.29) is 17.1 Å². The lowest BCUT2D eigenvalue weighted by molar-refractivity contribution is -0.116. The molecule has 0 aromatic heterocycles. The number of hydrogen-bond donors (Lipinski definition) is 2. The highest BCUT2D eigenvalue weighted by Crippen LogP contribution is 2.33. The maximum atomic E-state index is 11.0. The summed E-state index contributed by atoms with van der Waals surface area (Å²) in [5.74, 6) is 0.411. The van der Waals surface area contributed by atoms with Crippen molar-refractivity contribution in [1.29, 1.82) is 0 Å². The molecule has 5 nitrogen and oxygen atoms in total. The van der Waals surface area contributed by atoms with E-state index < -0.39 is 0 Å². The van der Waals surface area contributed by atoms with Crippen molar-refractivity contribution >= 4 is 45.0 Å². The lowest BCUT2D eigenvalue weighted by Gasteiger charge is -2.20. The SMILES string of the molecule is CC(C)(C)c1cc(Br)c(O)c(C=NN=C2NC(=O)CS2)c1. The molecular weight excluding hydrogens is 354 g/mol. The van der Waals surface area contributed by atoms with Gasteiger partial charge in [-0.1, -0.05) is 32.5 Å². The topological polar surface area (TPSA) is 74.1 Å². The van der Waals surface area contributed by atoms with Gasteiger partial charge in [-0.3, -0.25) is 4.79 Å². The summed E-state index contributed by atoms with van der Waals surface area (Å²) in [6, 6.07) is 3.77. The largest absolute Gasteiger partial charge is 0.506 e. The predicted molar refractivity (Wildman–Crippen MR) is 90.1 cm³/mol. The third-order valence-corrected chi connectivity index (χ3v) is 4.36. The molecule has 0 bridgehead atoms. The van der Waals surface area contributed by atoms with Gasteiger partial charge < -0.3 is 10.4 Å². The van der Waals surface area contributed by atoms with Gasteiger partial charge in [0.15, 0.2) is 5.17 Å². The second kappa shape index (κ2) is 6.19. The van der Waals surface area contributed by atoms with Crippen molar-refractivity contribution in [2.75, 3.05) is 5.75 Å². The minimum absolute atomic E-state index is 0.0417. The smallest absolute Gasteiger partial charge is 0.236 e. The molecule has 1 aliphatic rings. The van der Waals surface area contributed by atoms with Crippen LogP contribution < -0.4 is 5.32 Å². The first-order valence-electron chi connectivity index (χ1n) is 6.34. The zero-order valence-corrected chi connectivity index (χ0v) is 14.4. The molecule has 7 heteroatoms. The van der Waals surface area contributed by atoms with Crippen molar-refractivity contribution in [3.63, 3.8) is 0 Å². The molecule has 1 saturated heterocycles. The molecule has 1 heterocycles. The molecule has 1 aliphatic heterocycles. The number of nitrogens with one attached hydrogen (secondary N) is 1. The molecule has 1 amide bonds. The second-order valence-electron chi connectivity index (χ2n) is 5.63. The van der Waals surface area contributed by atoms with Crippen molar-refractivity contribution < 1.29 is 9.90 Å². The summed E-state index contributed by atoms with van der Waals surface area (Å²) < 4.78 is 0.618. The Balaban J connectivity index is 2.27. The van der Waals surface area contributed by atoms with Gasteiger partial charge in [0.25, 0.3) is 0 Å². The zero-order chi connectivity index (χ0) is 15.6. The van der Waals surface area contributed by atoms with Crippen LogP contribution in [0.3, 0.4) is 0 Å². The summed E-state index contributed by atoms with van der Waals surface area (Å²) in [6.07, 6.45) is 1.48. The Morgan fingerprint density at radius 1 is 1.43 bits per heavy atom. The summed E-state index contributed by atoms with van der Waals surface area (Å²) in [4.78, 5) is 11.0. The van der Waals surface area contributed by atoms with Crippen LogP contribution in [0.15, 0.2) is 26.8 Å². The number of aromatic hydroxyl groups is 1. The Bertz CT molecular complexity index is 636. The molecule has 0 unspecified atom stereocenters. The molecule has 0 radical (unpaired) electrons. The summed E-state index contributed by atoms with van der Waals surface area (Å²) in [7, 11) is 0. The number of hydrogen-bond acceptors (Lipinski definition) is 5. The fourth-order valence-electron chi connectivity index (χ4n) is 1.67. The van der Waals surface area contributed by atoms with E-state index in [1.54, 1.807) is 0 Å². The number of amidine groups is 1. The third kappa shape index (κ3) is 4.07. The summed E-state index contributed by atoms with van der Waals surface area (Å²) in [5, 5.41) is 21.0. The Kier molecular flexibility index (Phi) is 4.73. The highest BCUT2D eigenvalue weighted by atomic mass is 79.9. The molecule has 0 aliphatic carbocycles. The monoisotopic (exact) mass is 369 g/mol. The van der Waals surface area contributed by atoms with E-state index in [4.69, 9.17) is 0 Å². The first kappa shape index (κ1) is 16.0. The average molecular weight is 370 g/mol. The number of amides is 1. The molecule has 1 aromatic carbocycles. The zero-order valence-electron chi connectivity index (χ0n) is 12.0. The van der Waals surface area contributed by atoms with Gasteiger partial charge in [0.2, 0.25) is 5.91 Å². The van der Waals surface area contributed by atoms with Gasteiger partial charge in [-0.15, -0.1) is 5.10 Å². The van der Waals surface area contributed by atoms with E-state index in [1.165, 1.54) is 18.0 Å². The fourth-order valence-corrected chi connectivity index (χ4v) is 2.78. The molecular formula is C14H16BrN3O2S. The second-order valence-corrected chi connectivity index (χ2v) is 7.45. The van der Waals surface area contributed by atoms with Gasteiger partial charge >= 0.3 is 0 Å². The van der Waals surface area contributed by atoms with Crippen LogP contribution in [0.5, 0.6) is 5.75 Å². The first-order valence-corrected chi connectivity index (χ1v) is 8.12. The highest BCUT2D eigenvalue weighted by molar-refractivity contribution is 9.10. The first-order chi connectivity index (χ1) is 9.77. The van der Waals surface area contributed by atoms with Crippen molar-refractivity contribution in [3.8, 4) is 5.75 Å². The van der Waals surface area contributed by atoms with Gasteiger partial charge in [-0.05, 0) is 39.0 Å². The highest BCUT2D eigenvalue weighted by Gasteiger charge is 2.18.